The Hall–Kier alpha value is -2.26. The molecule has 0 aromatic heterocycles. The molecule has 1 amide bonds. The average Bonchev–Trinajstić information content (AvgIpc) is 2.74. The van der Waals surface area contributed by atoms with Gasteiger partial charge in [0.25, 0.3) is 0 Å². The molecular weight excluding hydrogens is 503 g/mol. The van der Waals surface area contributed by atoms with Gasteiger partial charge < -0.3 is 35.1 Å². The van der Waals surface area contributed by atoms with E-state index in [2.05, 4.69) is 5.32 Å². The summed E-state index contributed by atoms with van der Waals surface area (Å²) in [5.74, 6) is -1.50. The smallest absolute Gasteiger partial charge is 0.340 e. The van der Waals surface area contributed by atoms with E-state index in [0.717, 1.165) is 5.56 Å². The second-order valence-corrected chi connectivity index (χ2v) is 12.2. The van der Waals surface area contributed by atoms with Crippen LogP contribution in [0.3, 0.4) is 0 Å². The highest BCUT2D eigenvalue weighted by Gasteiger charge is 2.43. The van der Waals surface area contributed by atoms with Crippen LogP contribution >= 0.6 is 15.2 Å². The quantitative estimate of drug-likeness (QED) is 0.156. The second-order valence-electron chi connectivity index (χ2n) is 8.21. The highest BCUT2D eigenvalue weighted by molar-refractivity contribution is 7.70. The summed E-state index contributed by atoms with van der Waals surface area (Å²) in [4.78, 5) is 49.1. The van der Waals surface area contributed by atoms with Gasteiger partial charge in [-0.25, -0.2) is 0 Å². The van der Waals surface area contributed by atoms with Crippen LogP contribution in [0.25, 0.3) is 0 Å². The van der Waals surface area contributed by atoms with E-state index in [4.69, 9.17) is 0 Å². The van der Waals surface area contributed by atoms with E-state index in [1.807, 2.05) is 6.92 Å². The van der Waals surface area contributed by atoms with Crippen LogP contribution in [0.4, 0.5) is 10.1 Å². The number of carbonyl (C=O) groups excluding carboxylic acids is 1. The second kappa shape index (κ2) is 12.1. The molecule has 0 aliphatic carbocycles. The van der Waals surface area contributed by atoms with E-state index in [1.165, 1.54) is 24.3 Å². The number of hydrogen-bond acceptors (Lipinski definition) is 5. The molecule has 0 spiro atoms. The summed E-state index contributed by atoms with van der Waals surface area (Å²) in [5, 5.41) is 19.9. The van der Waals surface area contributed by atoms with Crippen molar-refractivity contribution in [3.05, 3.63) is 53.6 Å². The number of halogens is 1. The fraction of sp³-hybridized carbons (Fsp3) is 0.409. The maximum Gasteiger partial charge on any atom is 0.340 e. The molecule has 2 atom stereocenters. The molecule has 13 heteroatoms. The molecule has 0 saturated carbocycles. The van der Waals surface area contributed by atoms with Gasteiger partial charge in [-0.2, -0.15) is 0 Å². The van der Waals surface area contributed by atoms with Gasteiger partial charge in [0.1, 0.15) is 11.5 Å². The molecule has 2 aromatic carbocycles. The third-order valence-electron chi connectivity index (χ3n) is 5.80. The SMILES string of the molecule is CCC(c1ccc(O)cc1)C(CCF)c1ccc(O)c(NC(=O)CCC(P(=O)(O)O)P(=O)(O)O)c1. The van der Waals surface area contributed by atoms with E-state index in [1.54, 1.807) is 18.2 Å². The molecule has 0 fully saturated rings. The van der Waals surface area contributed by atoms with E-state index in [9.17, 15) is 48.1 Å². The van der Waals surface area contributed by atoms with Gasteiger partial charge in [0.15, 0.2) is 5.40 Å². The molecule has 7 N–H and O–H groups in total. The Labute approximate surface area is 202 Å². The normalized spacial score (nSPS) is 14.0. The van der Waals surface area contributed by atoms with E-state index < -0.39 is 46.0 Å². The zero-order chi connectivity index (χ0) is 26.4. The third-order valence-corrected chi connectivity index (χ3v) is 9.67. The molecule has 10 nitrogen and oxygen atoms in total. The third kappa shape index (κ3) is 8.14. The van der Waals surface area contributed by atoms with Crippen molar-refractivity contribution >= 4 is 26.8 Å². The fourth-order valence-electron chi connectivity index (χ4n) is 4.08. The number of amides is 1. The summed E-state index contributed by atoms with van der Waals surface area (Å²) in [6.07, 6.45) is -0.596. The average molecular weight is 533 g/mol. The molecule has 2 rings (SSSR count). The number of phenolic OH excluding ortho intramolecular Hbond substituents is 2. The molecule has 2 unspecified atom stereocenters. The highest BCUT2D eigenvalue weighted by atomic mass is 31.2. The van der Waals surface area contributed by atoms with E-state index in [-0.39, 0.29) is 35.4 Å². The van der Waals surface area contributed by atoms with Crippen LogP contribution in [-0.2, 0) is 13.9 Å². The summed E-state index contributed by atoms with van der Waals surface area (Å²) >= 11 is 0. The first-order valence-electron chi connectivity index (χ1n) is 10.9. The molecule has 0 saturated heterocycles. The summed E-state index contributed by atoms with van der Waals surface area (Å²) < 4.78 is 36.3. The van der Waals surface area contributed by atoms with Crippen molar-refractivity contribution in [1.82, 2.24) is 0 Å². The van der Waals surface area contributed by atoms with Crippen molar-refractivity contribution in [2.24, 2.45) is 0 Å². The van der Waals surface area contributed by atoms with Crippen LogP contribution < -0.4 is 5.32 Å². The van der Waals surface area contributed by atoms with Crippen LogP contribution in [0.2, 0.25) is 0 Å². The van der Waals surface area contributed by atoms with Gasteiger partial charge in [0, 0.05) is 6.42 Å². The van der Waals surface area contributed by atoms with Crippen molar-refractivity contribution < 1.29 is 48.1 Å². The number of aromatic hydroxyl groups is 2. The van der Waals surface area contributed by atoms with Gasteiger partial charge in [-0.3, -0.25) is 18.3 Å². The molecule has 0 heterocycles. The standard InChI is InChI=1S/C22H30FNO9P2/c1-2-17(14-3-6-16(25)7-4-14)18(11-12-23)15-5-8-20(26)19(13-15)24-21(27)9-10-22(34(28,29)30)35(31,32)33/h3-8,13,17-18,22,25-26H,2,9-12H2,1H3,(H,24,27)(H2,28,29,30)(H2,31,32,33). The predicted octanol–water partition coefficient (Wildman–Crippen LogP) is 4.14. The van der Waals surface area contributed by atoms with Gasteiger partial charge in [-0.05, 0) is 66.5 Å². The molecule has 2 aromatic rings. The molecule has 0 bridgehead atoms. The Morgan fingerprint density at radius 3 is 2.00 bits per heavy atom. The summed E-state index contributed by atoms with van der Waals surface area (Å²) in [5.41, 5.74) is 1.48. The molecule has 0 aliphatic heterocycles. The van der Waals surface area contributed by atoms with Gasteiger partial charge in [-0.1, -0.05) is 25.1 Å². The summed E-state index contributed by atoms with van der Waals surface area (Å²) in [7, 11) is -10.3. The minimum atomic E-state index is -5.17. The van der Waals surface area contributed by atoms with Gasteiger partial charge in [-0.15, -0.1) is 0 Å². The van der Waals surface area contributed by atoms with E-state index >= 15 is 0 Å². The molecule has 0 radical (unpaired) electrons. The number of anilines is 1. The van der Waals surface area contributed by atoms with Crippen LogP contribution in [0.15, 0.2) is 42.5 Å². The minimum Gasteiger partial charge on any atom is -0.508 e. The zero-order valence-corrected chi connectivity index (χ0v) is 20.8. The first-order valence-corrected chi connectivity index (χ1v) is 14.2. The molecule has 0 aliphatic rings. The van der Waals surface area contributed by atoms with Crippen molar-refractivity contribution in [1.29, 1.82) is 0 Å². The summed E-state index contributed by atoms with van der Waals surface area (Å²) in [6.45, 7) is 1.32. The Kier molecular flexibility index (Phi) is 10.0. The molecular formula is C22H30FNO9P2. The lowest BCUT2D eigenvalue weighted by Gasteiger charge is -2.27. The number of phenols is 2. The van der Waals surface area contributed by atoms with Crippen LogP contribution in [0.5, 0.6) is 11.5 Å². The first kappa shape index (κ1) is 29.0. The first-order chi connectivity index (χ1) is 16.3. The summed E-state index contributed by atoms with van der Waals surface area (Å²) in [6, 6.07) is 11.0. The predicted molar refractivity (Wildman–Crippen MR) is 128 cm³/mol. The molecule has 35 heavy (non-hydrogen) atoms. The largest absolute Gasteiger partial charge is 0.508 e. The fourth-order valence-corrected chi connectivity index (χ4v) is 6.58. The highest BCUT2D eigenvalue weighted by Crippen LogP contribution is 2.61. The van der Waals surface area contributed by atoms with Crippen molar-refractivity contribution in [2.75, 3.05) is 12.0 Å². The number of carbonyl (C=O) groups is 1. The lowest BCUT2D eigenvalue weighted by Crippen LogP contribution is -2.17. The number of hydrogen-bond donors (Lipinski definition) is 7. The Morgan fingerprint density at radius 2 is 1.49 bits per heavy atom. The monoisotopic (exact) mass is 533 g/mol. The number of nitrogens with one attached hydrogen (secondary N) is 1. The Bertz CT molecular complexity index is 1080. The lowest BCUT2D eigenvalue weighted by molar-refractivity contribution is -0.116. The zero-order valence-electron chi connectivity index (χ0n) is 19.0. The lowest BCUT2D eigenvalue weighted by atomic mass is 9.78. The van der Waals surface area contributed by atoms with Crippen molar-refractivity contribution in [2.45, 2.75) is 49.8 Å². The maximum atomic E-state index is 13.5. The van der Waals surface area contributed by atoms with Crippen molar-refractivity contribution in [3.63, 3.8) is 0 Å². The van der Waals surface area contributed by atoms with Crippen molar-refractivity contribution in [3.8, 4) is 11.5 Å². The number of alkyl halides is 1. The Balaban J connectivity index is 2.26. The van der Waals surface area contributed by atoms with Gasteiger partial charge in [0.05, 0.1) is 12.4 Å². The number of benzene rings is 2. The van der Waals surface area contributed by atoms with Crippen LogP contribution in [0, 0.1) is 0 Å². The Morgan fingerprint density at radius 1 is 0.914 bits per heavy atom. The van der Waals surface area contributed by atoms with Gasteiger partial charge in [0.2, 0.25) is 5.91 Å². The molecule has 194 valence electrons. The topological polar surface area (TPSA) is 185 Å². The van der Waals surface area contributed by atoms with Crippen LogP contribution in [0.1, 0.15) is 55.6 Å². The number of rotatable bonds is 12. The maximum absolute atomic E-state index is 13.5. The van der Waals surface area contributed by atoms with Crippen LogP contribution in [-0.4, -0.2) is 47.8 Å². The minimum absolute atomic E-state index is 0.0270. The van der Waals surface area contributed by atoms with E-state index in [0.29, 0.717) is 12.0 Å². The van der Waals surface area contributed by atoms with Gasteiger partial charge >= 0.3 is 15.2 Å².